The minimum Gasteiger partial charge on any atom is -0.321 e. The normalized spacial score (nSPS) is 19.4. The van der Waals surface area contributed by atoms with Crippen molar-refractivity contribution in [2.24, 2.45) is 5.92 Å². The van der Waals surface area contributed by atoms with Gasteiger partial charge in [-0.1, -0.05) is 36.4 Å². The molecule has 5 heteroatoms. The van der Waals surface area contributed by atoms with Crippen molar-refractivity contribution >= 4 is 17.3 Å². The maximum Gasteiger partial charge on any atom is 0.291 e. The van der Waals surface area contributed by atoms with E-state index in [0.29, 0.717) is 5.57 Å². The lowest BCUT2D eigenvalue weighted by molar-refractivity contribution is -0.145. The Balaban J connectivity index is 1.72. The molecule has 0 spiro atoms. The lowest BCUT2D eigenvalue weighted by atomic mass is 10.0. The number of carbonyl (C=O) groups is 2. The van der Waals surface area contributed by atoms with Crippen molar-refractivity contribution in [3.8, 4) is 0 Å². The van der Waals surface area contributed by atoms with E-state index in [9.17, 15) is 18.4 Å². The number of nitrogens with zero attached hydrogens (tertiary/aromatic N) is 1. The Hall–Kier alpha value is -2.82. The van der Waals surface area contributed by atoms with Crippen LogP contribution in [0.1, 0.15) is 30.0 Å². The van der Waals surface area contributed by atoms with Crippen molar-refractivity contribution in [1.82, 2.24) is 4.90 Å². The number of benzene rings is 2. The van der Waals surface area contributed by atoms with Gasteiger partial charge in [-0.2, -0.15) is 0 Å². The number of halogens is 2. The molecule has 1 fully saturated rings. The van der Waals surface area contributed by atoms with E-state index >= 15 is 0 Å². The molecule has 2 aromatic rings. The highest BCUT2D eigenvalue weighted by molar-refractivity contribution is 6.37. The molecule has 4 rings (SSSR count). The van der Waals surface area contributed by atoms with E-state index in [1.807, 2.05) is 30.3 Å². The van der Waals surface area contributed by atoms with E-state index in [-0.39, 0.29) is 23.8 Å². The molecule has 0 unspecified atom stereocenters. The van der Waals surface area contributed by atoms with E-state index in [2.05, 4.69) is 0 Å². The van der Waals surface area contributed by atoms with Crippen molar-refractivity contribution in [3.63, 3.8) is 0 Å². The van der Waals surface area contributed by atoms with Crippen LogP contribution >= 0.6 is 0 Å². The van der Waals surface area contributed by atoms with Crippen molar-refractivity contribution in [1.29, 1.82) is 0 Å². The smallest absolute Gasteiger partial charge is 0.291 e. The fraction of sp³-hybridized carbons (Fsp3) is 0.238. The molecule has 1 heterocycles. The lowest BCUT2D eigenvalue weighted by Crippen LogP contribution is -2.37. The van der Waals surface area contributed by atoms with Crippen molar-refractivity contribution in [3.05, 3.63) is 77.4 Å². The zero-order valence-electron chi connectivity index (χ0n) is 14.0. The second-order valence-electron chi connectivity index (χ2n) is 6.74. The van der Waals surface area contributed by atoms with Crippen LogP contribution in [-0.4, -0.2) is 23.1 Å². The Bertz CT molecular complexity index is 903. The second kappa shape index (κ2) is 6.48. The first-order valence-corrected chi connectivity index (χ1v) is 8.60. The Morgan fingerprint density at radius 2 is 1.73 bits per heavy atom. The summed E-state index contributed by atoms with van der Waals surface area (Å²) in [5.41, 5.74) is 1.46. The summed E-state index contributed by atoms with van der Waals surface area (Å²) in [7, 11) is 0. The van der Waals surface area contributed by atoms with Gasteiger partial charge < -0.3 is 4.90 Å². The summed E-state index contributed by atoms with van der Waals surface area (Å²) in [6, 6.07) is 12.0. The van der Waals surface area contributed by atoms with Gasteiger partial charge in [0.1, 0.15) is 11.6 Å². The fourth-order valence-corrected chi connectivity index (χ4v) is 3.32. The number of carbonyl (C=O) groups excluding carboxylic acids is 2. The molecular formula is C21H17F2NO2. The summed E-state index contributed by atoms with van der Waals surface area (Å²) in [6.45, 7) is 0.0806. The van der Waals surface area contributed by atoms with Crippen molar-refractivity contribution < 1.29 is 18.4 Å². The third-order valence-corrected chi connectivity index (χ3v) is 4.87. The van der Waals surface area contributed by atoms with Crippen molar-refractivity contribution in [2.75, 3.05) is 6.54 Å². The molecule has 1 aliphatic heterocycles. The molecule has 1 aliphatic carbocycles. The van der Waals surface area contributed by atoms with Crippen LogP contribution in [0.5, 0.6) is 0 Å². The third-order valence-electron chi connectivity index (χ3n) is 4.87. The molecule has 1 saturated carbocycles. The molecule has 0 radical (unpaired) electrons. The van der Waals surface area contributed by atoms with Crippen LogP contribution in [0.4, 0.5) is 8.78 Å². The average Bonchev–Trinajstić information content (AvgIpc) is 3.41. The molecule has 1 atom stereocenters. The Labute approximate surface area is 149 Å². The Morgan fingerprint density at radius 1 is 1.00 bits per heavy atom. The standard InChI is InChI=1S/C21H17F2NO2/c22-16-8-9-18(23)17(11-16)15-10-19(13-4-2-1-3-5-13)24(12-15)21(26)20(25)14-6-7-14/h1-5,8-11,14,19H,6-7,12H2/t19-/m0/s1. The summed E-state index contributed by atoms with van der Waals surface area (Å²) in [4.78, 5) is 26.5. The van der Waals surface area contributed by atoms with E-state index in [4.69, 9.17) is 0 Å². The monoisotopic (exact) mass is 353 g/mol. The highest BCUT2D eigenvalue weighted by atomic mass is 19.1. The molecule has 2 aromatic carbocycles. The first kappa shape index (κ1) is 16.6. The van der Waals surface area contributed by atoms with Crippen LogP contribution < -0.4 is 0 Å². The van der Waals surface area contributed by atoms with Crippen LogP contribution in [0.2, 0.25) is 0 Å². The minimum atomic E-state index is -0.551. The van der Waals surface area contributed by atoms with Crippen LogP contribution in [0.25, 0.3) is 5.57 Å². The maximum atomic E-state index is 14.2. The summed E-state index contributed by atoms with van der Waals surface area (Å²) in [5.74, 6) is -2.22. The van der Waals surface area contributed by atoms with Crippen LogP contribution in [0.3, 0.4) is 0 Å². The summed E-state index contributed by atoms with van der Waals surface area (Å²) in [6.07, 6.45) is 3.23. The quantitative estimate of drug-likeness (QED) is 0.782. The molecule has 26 heavy (non-hydrogen) atoms. The zero-order chi connectivity index (χ0) is 18.3. The number of ketones is 1. The first-order chi connectivity index (χ1) is 12.5. The molecular weight excluding hydrogens is 336 g/mol. The molecule has 132 valence electrons. The molecule has 2 aliphatic rings. The first-order valence-electron chi connectivity index (χ1n) is 8.60. The van der Waals surface area contributed by atoms with Crippen LogP contribution in [0.15, 0.2) is 54.6 Å². The minimum absolute atomic E-state index is 0.0806. The second-order valence-corrected chi connectivity index (χ2v) is 6.74. The Kier molecular flexibility index (Phi) is 4.15. The largest absolute Gasteiger partial charge is 0.321 e. The number of Topliss-reactive ketones (excluding diaryl/α,β-unsaturated/α-hetero) is 1. The number of rotatable bonds is 4. The Morgan fingerprint density at radius 3 is 2.42 bits per heavy atom. The zero-order valence-corrected chi connectivity index (χ0v) is 14.0. The van der Waals surface area contributed by atoms with Gasteiger partial charge in [-0.25, -0.2) is 8.78 Å². The molecule has 0 bridgehead atoms. The number of hydrogen-bond acceptors (Lipinski definition) is 2. The molecule has 0 N–H and O–H groups in total. The van der Waals surface area contributed by atoms with Gasteiger partial charge in [0.15, 0.2) is 0 Å². The highest BCUT2D eigenvalue weighted by Crippen LogP contribution is 2.38. The van der Waals surface area contributed by atoms with E-state index in [1.54, 1.807) is 6.08 Å². The van der Waals surface area contributed by atoms with Crippen molar-refractivity contribution in [2.45, 2.75) is 18.9 Å². The average molecular weight is 353 g/mol. The van der Waals surface area contributed by atoms with Gasteiger partial charge in [-0.3, -0.25) is 9.59 Å². The van der Waals surface area contributed by atoms with Gasteiger partial charge in [0, 0.05) is 18.0 Å². The SMILES string of the molecule is O=C(C(=O)N1CC(c2cc(F)ccc2F)=C[C@H]1c1ccccc1)C1CC1. The summed E-state index contributed by atoms with van der Waals surface area (Å²) >= 11 is 0. The predicted molar refractivity (Wildman–Crippen MR) is 93.0 cm³/mol. The summed E-state index contributed by atoms with van der Waals surface area (Å²) < 4.78 is 27.8. The molecule has 0 saturated heterocycles. The van der Waals surface area contributed by atoms with Gasteiger partial charge in [-0.15, -0.1) is 0 Å². The number of amides is 1. The maximum absolute atomic E-state index is 14.2. The molecule has 0 aromatic heterocycles. The predicted octanol–water partition coefficient (Wildman–Crippen LogP) is 3.91. The van der Waals surface area contributed by atoms with Gasteiger partial charge in [0.25, 0.3) is 5.91 Å². The van der Waals surface area contributed by atoms with Gasteiger partial charge in [0.2, 0.25) is 5.78 Å². The van der Waals surface area contributed by atoms with Crippen LogP contribution in [0, 0.1) is 17.6 Å². The van der Waals surface area contributed by atoms with E-state index in [1.165, 1.54) is 4.90 Å². The van der Waals surface area contributed by atoms with Crippen LogP contribution in [-0.2, 0) is 9.59 Å². The fourth-order valence-electron chi connectivity index (χ4n) is 3.32. The van der Waals surface area contributed by atoms with Gasteiger partial charge in [0.05, 0.1) is 6.04 Å². The molecule has 1 amide bonds. The number of hydrogen-bond donors (Lipinski definition) is 0. The van der Waals surface area contributed by atoms with E-state index in [0.717, 1.165) is 36.6 Å². The third kappa shape index (κ3) is 3.05. The topological polar surface area (TPSA) is 37.4 Å². The lowest BCUT2D eigenvalue weighted by Gasteiger charge is -2.24. The molecule has 3 nitrogen and oxygen atoms in total. The summed E-state index contributed by atoms with van der Waals surface area (Å²) in [5, 5.41) is 0. The van der Waals surface area contributed by atoms with Gasteiger partial charge in [-0.05, 0) is 42.2 Å². The van der Waals surface area contributed by atoms with E-state index < -0.39 is 23.6 Å². The highest BCUT2D eigenvalue weighted by Gasteiger charge is 2.40. The van der Waals surface area contributed by atoms with Gasteiger partial charge >= 0.3 is 0 Å².